The van der Waals surface area contributed by atoms with Gasteiger partial charge in [0.25, 0.3) is 5.91 Å². The first-order valence-corrected chi connectivity index (χ1v) is 8.66. The van der Waals surface area contributed by atoms with Crippen molar-refractivity contribution in [3.8, 4) is 0 Å². The second-order valence-corrected chi connectivity index (χ2v) is 7.42. The van der Waals surface area contributed by atoms with Crippen LogP contribution in [0.25, 0.3) is 0 Å². The van der Waals surface area contributed by atoms with E-state index in [0.29, 0.717) is 25.2 Å². The molecule has 2 aromatic rings. The second kappa shape index (κ2) is 7.19. The Morgan fingerprint density at radius 2 is 2.12 bits per heavy atom. The predicted molar refractivity (Wildman–Crippen MR) is 90.1 cm³/mol. The molecule has 24 heavy (non-hydrogen) atoms. The fourth-order valence-corrected chi connectivity index (χ4v) is 3.86. The van der Waals surface area contributed by atoms with Crippen molar-refractivity contribution >= 4 is 23.2 Å². The van der Waals surface area contributed by atoms with Crippen LogP contribution < -0.4 is 0 Å². The molecule has 3 heterocycles. The lowest BCUT2D eigenvalue weighted by atomic mass is 10.1. The molecule has 1 saturated heterocycles. The van der Waals surface area contributed by atoms with Gasteiger partial charge in [-0.05, 0) is 25.1 Å². The summed E-state index contributed by atoms with van der Waals surface area (Å²) in [7, 11) is 0. The largest absolute Gasteiger partial charge is 0.481 e. The van der Waals surface area contributed by atoms with Crippen molar-refractivity contribution in [3.05, 3.63) is 46.0 Å². The summed E-state index contributed by atoms with van der Waals surface area (Å²) < 4.78 is 4.96. The third kappa shape index (κ3) is 3.85. The van der Waals surface area contributed by atoms with Gasteiger partial charge in [0.15, 0.2) is 0 Å². The number of hydrogen-bond donors (Lipinski definition) is 1. The zero-order valence-electron chi connectivity index (χ0n) is 13.5. The van der Waals surface area contributed by atoms with Crippen LogP contribution in [0.4, 0.5) is 0 Å². The van der Waals surface area contributed by atoms with Crippen molar-refractivity contribution in [2.45, 2.75) is 13.5 Å². The van der Waals surface area contributed by atoms with Crippen LogP contribution in [0, 0.1) is 12.8 Å². The molecular weight excluding hydrogens is 328 g/mol. The molecule has 1 atom stereocenters. The third-order valence-corrected chi connectivity index (χ3v) is 5.17. The molecule has 6 nitrogen and oxygen atoms in total. The van der Waals surface area contributed by atoms with Gasteiger partial charge in [0.05, 0.1) is 17.7 Å². The fourth-order valence-electron chi connectivity index (χ4n) is 2.92. The summed E-state index contributed by atoms with van der Waals surface area (Å²) in [6.07, 6.45) is 2.85. The van der Waals surface area contributed by atoms with Crippen LogP contribution in [-0.4, -0.2) is 53.0 Å². The van der Waals surface area contributed by atoms with Gasteiger partial charge in [-0.3, -0.25) is 14.5 Å². The molecule has 0 saturated carbocycles. The lowest BCUT2D eigenvalue weighted by molar-refractivity contribution is -0.142. The molecule has 7 heteroatoms. The molecule has 128 valence electrons. The highest BCUT2D eigenvalue weighted by molar-refractivity contribution is 7.11. The van der Waals surface area contributed by atoms with Crippen molar-refractivity contribution in [3.63, 3.8) is 0 Å². The Labute approximate surface area is 144 Å². The molecule has 1 fully saturated rings. The lowest BCUT2D eigenvalue weighted by Gasteiger charge is -2.21. The highest BCUT2D eigenvalue weighted by Gasteiger charge is 2.30. The minimum Gasteiger partial charge on any atom is -0.481 e. The number of aryl methyl sites for hydroxylation is 1. The first kappa shape index (κ1) is 16.7. The van der Waals surface area contributed by atoms with Crippen molar-refractivity contribution in [1.29, 1.82) is 0 Å². The molecule has 1 unspecified atom stereocenters. The summed E-state index contributed by atoms with van der Waals surface area (Å²) in [6, 6.07) is 5.76. The third-order valence-electron chi connectivity index (χ3n) is 4.19. The van der Waals surface area contributed by atoms with Crippen LogP contribution in [-0.2, 0) is 11.3 Å². The zero-order valence-corrected chi connectivity index (χ0v) is 14.3. The predicted octanol–water partition coefficient (Wildman–Crippen LogP) is 2.31. The van der Waals surface area contributed by atoms with Crippen LogP contribution in [0.5, 0.6) is 0 Å². The van der Waals surface area contributed by atoms with Crippen LogP contribution in [0.15, 0.2) is 35.1 Å². The van der Waals surface area contributed by atoms with E-state index in [-0.39, 0.29) is 12.5 Å². The molecule has 1 N–H and O–H groups in total. The van der Waals surface area contributed by atoms with Crippen LogP contribution in [0.3, 0.4) is 0 Å². The molecule has 0 bridgehead atoms. The van der Waals surface area contributed by atoms with Gasteiger partial charge in [-0.15, -0.1) is 11.3 Å². The molecular formula is C17H20N2O4S. The molecule has 0 aromatic carbocycles. The minimum atomic E-state index is -0.866. The zero-order chi connectivity index (χ0) is 17.1. The molecule has 2 aromatic heterocycles. The van der Waals surface area contributed by atoms with E-state index in [0.717, 1.165) is 6.54 Å². The minimum absolute atomic E-state index is 0.177. The van der Waals surface area contributed by atoms with Crippen molar-refractivity contribution in [2.75, 3.05) is 26.2 Å². The normalized spacial score (nSPS) is 19.2. The molecule has 1 aliphatic rings. The molecule has 0 aliphatic carbocycles. The summed E-state index contributed by atoms with van der Waals surface area (Å²) in [5.74, 6) is -1.64. The Balaban J connectivity index is 1.72. The summed E-state index contributed by atoms with van der Waals surface area (Å²) in [5.41, 5.74) is 0.460. The first-order chi connectivity index (χ1) is 11.5. The van der Waals surface area contributed by atoms with Gasteiger partial charge in [0.1, 0.15) is 6.26 Å². The quantitative estimate of drug-likeness (QED) is 0.918. The van der Waals surface area contributed by atoms with E-state index in [1.165, 1.54) is 22.3 Å². The van der Waals surface area contributed by atoms with Crippen molar-refractivity contribution < 1.29 is 19.1 Å². The van der Waals surface area contributed by atoms with Crippen molar-refractivity contribution in [1.82, 2.24) is 9.80 Å². The Morgan fingerprint density at radius 3 is 2.75 bits per heavy atom. The van der Waals surface area contributed by atoms with Crippen LogP contribution in [0.1, 0.15) is 20.1 Å². The SMILES string of the molecule is Cc1ccc(CN2CCN(C(=O)c3ccoc3)CC(C(=O)O)C2)s1. The monoisotopic (exact) mass is 348 g/mol. The summed E-state index contributed by atoms with van der Waals surface area (Å²) in [4.78, 5) is 30.3. The number of carboxylic acid groups (broad SMARTS) is 1. The second-order valence-electron chi connectivity index (χ2n) is 6.05. The number of carboxylic acids is 1. The lowest BCUT2D eigenvalue weighted by Crippen LogP contribution is -2.37. The Hall–Kier alpha value is -2.12. The van der Waals surface area contributed by atoms with Crippen LogP contribution >= 0.6 is 11.3 Å². The number of nitrogens with zero attached hydrogens (tertiary/aromatic N) is 2. The van der Waals surface area contributed by atoms with Crippen LogP contribution in [0.2, 0.25) is 0 Å². The van der Waals surface area contributed by atoms with E-state index in [9.17, 15) is 14.7 Å². The van der Waals surface area contributed by atoms with E-state index >= 15 is 0 Å². The maximum absolute atomic E-state index is 12.5. The average Bonchev–Trinajstić information content (AvgIpc) is 3.16. The van der Waals surface area contributed by atoms with Gasteiger partial charge in [0.2, 0.25) is 0 Å². The number of thiophene rings is 1. The number of aliphatic carboxylic acids is 1. The van der Waals surface area contributed by atoms with Crippen molar-refractivity contribution in [2.24, 2.45) is 5.92 Å². The highest BCUT2D eigenvalue weighted by atomic mass is 32.1. The molecule has 1 aliphatic heterocycles. The molecule has 0 radical (unpaired) electrons. The average molecular weight is 348 g/mol. The number of furan rings is 1. The smallest absolute Gasteiger partial charge is 0.309 e. The number of carbonyl (C=O) groups excluding carboxylic acids is 1. The summed E-state index contributed by atoms with van der Waals surface area (Å²) in [5, 5.41) is 9.50. The number of rotatable bonds is 4. The van der Waals surface area contributed by atoms with Gasteiger partial charge in [0, 0.05) is 42.5 Å². The molecule has 1 amide bonds. The number of amides is 1. The van der Waals surface area contributed by atoms with Gasteiger partial charge in [-0.2, -0.15) is 0 Å². The summed E-state index contributed by atoms with van der Waals surface area (Å²) in [6.45, 7) is 4.61. The number of carbonyl (C=O) groups is 2. The number of hydrogen-bond acceptors (Lipinski definition) is 5. The Bertz CT molecular complexity index is 710. The van der Waals surface area contributed by atoms with Gasteiger partial charge >= 0.3 is 5.97 Å². The van der Waals surface area contributed by atoms with Gasteiger partial charge < -0.3 is 14.4 Å². The first-order valence-electron chi connectivity index (χ1n) is 7.85. The van der Waals surface area contributed by atoms with E-state index in [1.54, 1.807) is 22.3 Å². The van der Waals surface area contributed by atoms with E-state index in [1.807, 2.05) is 0 Å². The Morgan fingerprint density at radius 1 is 1.29 bits per heavy atom. The molecule has 0 spiro atoms. The Kier molecular flexibility index (Phi) is 5.01. The summed E-state index contributed by atoms with van der Waals surface area (Å²) >= 11 is 1.72. The standard InChI is InChI=1S/C17H20N2O4S/c1-12-2-3-15(24-12)10-18-5-6-19(9-14(8-18)17(21)22)16(20)13-4-7-23-11-13/h2-4,7,11,14H,5-6,8-10H2,1H3,(H,21,22). The maximum Gasteiger partial charge on any atom is 0.309 e. The van der Waals surface area contributed by atoms with E-state index < -0.39 is 11.9 Å². The van der Waals surface area contributed by atoms with E-state index in [2.05, 4.69) is 24.0 Å². The maximum atomic E-state index is 12.5. The van der Waals surface area contributed by atoms with Gasteiger partial charge in [-0.25, -0.2) is 0 Å². The van der Waals surface area contributed by atoms with E-state index in [4.69, 9.17) is 4.42 Å². The molecule has 3 rings (SSSR count). The van der Waals surface area contributed by atoms with Gasteiger partial charge in [-0.1, -0.05) is 0 Å². The fraction of sp³-hybridized carbons (Fsp3) is 0.412. The highest BCUT2D eigenvalue weighted by Crippen LogP contribution is 2.20. The topological polar surface area (TPSA) is 74.0 Å².